The largest absolute Gasteiger partial charge is 0.497 e. The second-order valence-electron chi connectivity index (χ2n) is 6.83. The lowest BCUT2D eigenvalue weighted by Gasteiger charge is -2.20. The minimum atomic E-state index is 0.887. The molecular formula is C24H24O2. The van der Waals surface area contributed by atoms with Crippen LogP contribution in [0.5, 0.6) is 11.5 Å². The smallest absolute Gasteiger partial charge is 0.118 e. The third-order valence-corrected chi connectivity index (χ3v) is 5.28. The first-order valence-corrected chi connectivity index (χ1v) is 9.23. The molecule has 0 heterocycles. The van der Waals surface area contributed by atoms with Crippen LogP contribution >= 0.6 is 0 Å². The van der Waals surface area contributed by atoms with E-state index >= 15 is 0 Å². The summed E-state index contributed by atoms with van der Waals surface area (Å²) in [5.41, 5.74) is 8.03. The number of rotatable bonds is 4. The molecule has 132 valence electrons. The summed E-state index contributed by atoms with van der Waals surface area (Å²) in [6.45, 7) is 0. The van der Waals surface area contributed by atoms with Crippen molar-refractivity contribution in [2.45, 2.75) is 25.7 Å². The molecule has 1 aliphatic carbocycles. The SMILES string of the molecule is COc1ccc(-c2cc3c(cc2-c2ccc(OC)cc2)CCCC3)cc1. The molecule has 0 saturated carbocycles. The van der Waals surface area contributed by atoms with Crippen molar-refractivity contribution in [1.82, 2.24) is 0 Å². The monoisotopic (exact) mass is 344 g/mol. The molecule has 0 fully saturated rings. The van der Waals surface area contributed by atoms with E-state index in [0.717, 1.165) is 11.5 Å². The number of hydrogen-bond acceptors (Lipinski definition) is 2. The van der Waals surface area contributed by atoms with Gasteiger partial charge in [-0.1, -0.05) is 36.4 Å². The Bertz CT molecular complexity index is 816. The first kappa shape index (κ1) is 16.7. The molecule has 0 radical (unpaired) electrons. The second-order valence-corrected chi connectivity index (χ2v) is 6.83. The lowest BCUT2D eigenvalue weighted by atomic mass is 9.84. The summed E-state index contributed by atoms with van der Waals surface area (Å²) in [4.78, 5) is 0. The van der Waals surface area contributed by atoms with Crippen molar-refractivity contribution < 1.29 is 9.47 Å². The van der Waals surface area contributed by atoms with E-state index in [9.17, 15) is 0 Å². The van der Waals surface area contributed by atoms with E-state index in [1.807, 2.05) is 24.3 Å². The van der Waals surface area contributed by atoms with Crippen molar-refractivity contribution in [3.63, 3.8) is 0 Å². The van der Waals surface area contributed by atoms with E-state index in [-0.39, 0.29) is 0 Å². The topological polar surface area (TPSA) is 18.5 Å². The minimum Gasteiger partial charge on any atom is -0.497 e. The van der Waals surface area contributed by atoms with Gasteiger partial charge in [0.1, 0.15) is 11.5 Å². The summed E-state index contributed by atoms with van der Waals surface area (Å²) in [6.07, 6.45) is 4.94. The van der Waals surface area contributed by atoms with E-state index in [4.69, 9.17) is 9.47 Å². The molecule has 3 aromatic carbocycles. The molecule has 3 aromatic rings. The summed E-state index contributed by atoms with van der Waals surface area (Å²) < 4.78 is 10.6. The zero-order chi connectivity index (χ0) is 17.9. The lowest BCUT2D eigenvalue weighted by Crippen LogP contribution is -2.03. The predicted molar refractivity (Wildman–Crippen MR) is 107 cm³/mol. The summed E-state index contributed by atoms with van der Waals surface area (Å²) in [7, 11) is 3.41. The first-order valence-electron chi connectivity index (χ1n) is 9.23. The number of fused-ring (bicyclic) bond motifs is 1. The van der Waals surface area contributed by atoms with Crippen molar-refractivity contribution in [2.24, 2.45) is 0 Å². The van der Waals surface area contributed by atoms with Crippen molar-refractivity contribution in [2.75, 3.05) is 14.2 Å². The van der Waals surface area contributed by atoms with E-state index < -0.39 is 0 Å². The van der Waals surface area contributed by atoms with Crippen LogP contribution in [0.4, 0.5) is 0 Å². The quantitative estimate of drug-likeness (QED) is 0.585. The minimum absolute atomic E-state index is 0.887. The van der Waals surface area contributed by atoms with Crippen LogP contribution in [0, 0.1) is 0 Å². The van der Waals surface area contributed by atoms with Crippen molar-refractivity contribution in [1.29, 1.82) is 0 Å². The number of aryl methyl sites for hydroxylation is 2. The summed E-state index contributed by atoms with van der Waals surface area (Å²) >= 11 is 0. The average Bonchev–Trinajstić information content (AvgIpc) is 2.73. The maximum Gasteiger partial charge on any atom is 0.118 e. The molecule has 0 N–H and O–H groups in total. The Hall–Kier alpha value is -2.74. The predicted octanol–water partition coefficient (Wildman–Crippen LogP) is 5.92. The molecule has 0 spiro atoms. The zero-order valence-corrected chi connectivity index (χ0v) is 15.4. The van der Waals surface area contributed by atoms with Gasteiger partial charge in [0, 0.05) is 0 Å². The highest BCUT2D eigenvalue weighted by molar-refractivity contribution is 5.85. The van der Waals surface area contributed by atoms with Crippen LogP contribution in [0.25, 0.3) is 22.3 Å². The molecule has 0 saturated heterocycles. The Morgan fingerprint density at radius 1 is 0.577 bits per heavy atom. The normalized spacial score (nSPS) is 13.2. The van der Waals surface area contributed by atoms with Crippen LogP contribution in [0.15, 0.2) is 60.7 Å². The van der Waals surface area contributed by atoms with Gasteiger partial charge in [-0.3, -0.25) is 0 Å². The summed E-state index contributed by atoms with van der Waals surface area (Å²) in [6, 6.07) is 21.5. The van der Waals surface area contributed by atoms with E-state index in [1.54, 1.807) is 14.2 Å². The lowest BCUT2D eigenvalue weighted by molar-refractivity contribution is 0.414. The van der Waals surface area contributed by atoms with Crippen LogP contribution in [-0.4, -0.2) is 14.2 Å². The van der Waals surface area contributed by atoms with Crippen LogP contribution in [0.3, 0.4) is 0 Å². The molecule has 2 heteroatoms. The summed E-state index contributed by atoms with van der Waals surface area (Å²) in [5, 5.41) is 0. The number of hydrogen-bond donors (Lipinski definition) is 0. The van der Waals surface area contributed by atoms with Gasteiger partial charge < -0.3 is 9.47 Å². The van der Waals surface area contributed by atoms with Gasteiger partial charge in [-0.2, -0.15) is 0 Å². The maximum atomic E-state index is 5.32. The number of ether oxygens (including phenoxy) is 2. The third kappa shape index (κ3) is 3.20. The molecule has 0 unspecified atom stereocenters. The Morgan fingerprint density at radius 2 is 0.962 bits per heavy atom. The van der Waals surface area contributed by atoms with Crippen molar-refractivity contribution >= 4 is 0 Å². The van der Waals surface area contributed by atoms with Gasteiger partial charge in [-0.05, 0) is 83.3 Å². The zero-order valence-electron chi connectivity index (χ0n) is 15.4. The van der Waals surface area contributed by atoms with Crippen LogP contribution in [0.1, 0.15) is 24.0 Å². The highest BCUT2D eigenvalue weighted by Gasteiger charge is 2.16. The molecule has 0 bridgehead atoms. The van der Waals surface area contributed by atoms with Crippen LogP contribution in [-0.2, 0) is 12.8 Å². The second kappa shape index (κ2) is 7.25. The Kier molecular flexibility index (Phi) is 4.66. The molecule has 4 rings (SSSR count). The van der Waals surface area contributed by atoms with Crippen LogP contribution in [0.2, 0.25) is 0 Å². The fourth-order valence-corrected chi connectivity index (χ4v) is 3.80. The van der Waals surface area contributed by atoms with E-state index in [0.29, 0.717) is 0 Å². The van der Waals surface area contributed by atoms with Gasteiger partial charge >= 0.3 is 0 Å². The fraction of sp³-hybridized carbons (Fsp3) is 0.250. The highest BCUT2D eigenvalue weighted by atomic mass is 16.5. The Labute approximate surface area is 155 Å². The van der Waals surface area contributed by atoms with E-state index in [2.05, 4.69) is 36.4 Å². The molecule has 0 atom stereocenters. The molecule has 2 nitrogen and oxygen atoms in total. The first-order chi connectivity index (χ1) is 12.8. The third-order valence-electron chi connectivity index (χ3n) is 5.28. The Morgan fingerprint density at radius 3 is 1.31 bits per heavy atom. The maximum absolute atomic E-state index is 5.32. The summed E-state index contributed by atoms with van der Waals surface area (Å²) in [5.74, 6) is 1.77. The van der Waals surface area contributed by atoms with Gasteiger partial charge in [-0.25, -0.2) is 0 Å². The van der Waals surface area contributed by atoms with Gasteiger partial charge in [0.25, 0.3) is 0 Å². The van der Waals surface area contributed by atoms with Gasteiger partial charge in [0.15, 0.2) is 0 Å². The number of benzene rings is 3. The molecule has 0 amide bonds. The van der Waals surface area contributed by atoms with Crippen molar-refractivity contribution in [3.8, 4) is 33.8 Å². The molecule has 26 heavy (non-hydrogen) atoms. The standard InChI is InChI=1S/C24H24O2/c1-25-21-11-7-17(8-12-21)23-15-19-5-3-4-6-20(19)16-24(23)18-9-13-22(26-2)14-10-18/h7-16H,3-6H2,1-2H3. The highest BCUT2D eigenvalue weighted by Crippen LogP contribution is 2.38. The molecule has 0 aliphatic heterocycles. The molecule has 0 aromatic heterocycles. The average molecular weight is 344 g/mol. The Balaban J connectivity index is 1.86. The molecular weight excluding hydrogens is 320 g/mol. The van der Waals surface area contributed by atoms with Gasteiger partial charge in [-0.15, -0.1) is 0 Å². The van der Waals surface area contributed by atoms with Crippen LogP contribution < -0.4 is 9.47 Å². The number of methoxy groups -OCH3 is 2. The molecule has 1 aliphatic rings. The van der Waals surface area contributed by atoms with Gasteiger partial charge in [0.05, 0.1) is 14.2 Å². The van der Waals surface area contributed by atoms with Gasteiger partial charge in [0.2, 0.25) is 0 Å². The van der Waals surface area contributed by atoms with Crippen molar-refractivity contribution in [3.05, 3.63) is 71.8 Å². The fourth-order valence-electron chi connectivity index (χ4n) is 3.80. The van der Waals surface area contributed by atoms with E-state index in [1.165, 1.54) is 59.1 Å².